The average Bonchev–Trinajstić information content (AvgIpc) is 3.52. The first-order valence-corrected chi connectivity index (χ1v) is 14.4. The number of aromatic hydroxyl groups is 1. The second kappa shape index (κ2) is 12.0. The number of amides is 1. The van der Waals surface area contributed by atoms with Crippen LogP contribution in [0.4, 0.5) is 11.4 Å². The number of pyridine rings is 1. The van der Waals surface area contributed by atoms with E-state index in [0.717, 1.165) is 34.0 Å². The molecule has 2 aromatic heterocycles. The number of thiocarbonyl (C=S) groups is 1. The molecule has 9 heteroatoms. The number of phenols is 1. The molecule has 0 spiro atoms. The molecule has 8 nitrogen and oxygen atoms in total. The van der Waals surface area contributed by atoms with E-state index in [4.69, 9.17) is 17.0 Å². The normalized spacial score (nSPS) is 16.1. The van der Waals surface area contributed by atoms with Gasteiger partial charge in [0.05, 0.1) is 17.8 Å². The third kappa shape index (κ3) is 5.80. The van der Waals surface area contributed by atoms with Crippen molar-refractivity contribution in [3.8, 4) is 17.2 Å². The van der Waals surface area contributed by atoms with Crippen LogP contribution in [0.2, 0.25) is 0 Å². The molecule has 1 saturated heterocycles. The molecule has 1 amide bonds. The van der Waals surface area contributed by atoms with Gasteiger partial charge in [-0.2, -0.15) is 0 Å². The summed E-state index contributed by atoms with van der Waals surface area (Å²) in [6.07, 6.45) is 1.79. The number of para-hydroxylation sites is 1. The largest absolute Gasteiger partial charge is 0.508 e. The SMILES string of the molecule is Cc1cc([C@@H]2[C@H](c3ccccn3)NC(=S)N2c2ccc(NC(=O)COc3ccccc3)cc2)c(C)n1-c1ccc(O)cc1. The Bertz CT molecular complexity index is 1740. The number of carbonyl (C=O) groups is 1. The third-order valence-corrected chi connectivity index (χ3v) is 7.85. The van der Waals surface area contributed by atoms with Crippen molar-refractivity contribution < 1.29 is 14.6 Å². The summed E-state index contributed by atoms with van der Waals surface area (Å²) in [6, 6.07) is 31.7. The van der Waals surface area contributed by atoms with E-state index in [-0.39, 0.29) is 30.3 Å². The summed E-state index contributed by atoms with van der Waals surface area (Å²) in [6.45, 7) is 4.08. The average molecular weight is 590 g/mol. The number of phenolic OH excluding ortho intramolecular Hbond substituents is 1. The van der Waals surface area contributed by atoms with Crippen LogP contribution in [0.15, 0.2) is 109 Å². The lowest BCUT2D eigenvalue weighted by atomic mass is 9.96. The van der Waals surface area contributed by atoms with Crippen LogP contribution in [0.1, 0.15) is 34.7 Å². The van der Waals surface area contributed by atoms with Crippen LogP contribution in [0.25, 0.3) is 5.69 Å². The third-order valence-electron chi connectivity index (χ3n) is 7.54. The van der Waals surface area contributed by atoms with Crippen molar-refractivity contribution in [2.75, 3.05) is 16.8 Å². The Kier molecular flexibility index (Phi) is 7.81. The number of rotatable bonds is 8. The van der Waals surface area contributed by atoms with Crippen LogP contribution < -0.4 is 20.3 Å². The van der Waals surface area contributed by atoms with Gasteiger partial charge < -0.3 is 29.9 Å². The molecule has 43 heavy (non-hydrogen) atoms. The highest BCUT2D eigenvalue weighted by Crippen LogP contribution is 2.44. The molecule has 3 aromatic carbocycles. The van der Waals surface area contributed by atoms with Crippen molar-refractivity contribution in [1.82, 2.24) is 14.9 Å². The molecule has 1 aliphatic heterocycles. The molecule has 1 fully saturated rings. The number of anilines is 2. The summed E-state index contributed by atoms with van der Waals surface area (Å²) in [5.74, 6) is 0.618. The lowest BCUT2D eigenvalue weighted by Crippen LogP contribution is -2.29. The highest BCUT2D eigenvalue weighted by atomic mass is 32.1. The summed E-state index contributed by atoms with van der Waals surface area (Å²) in [4.78, 5) is 19.3. The first kappa shape index (κ1) is 28.0. The predicted octanol–water partition coefficient (Wildman–Crippen LogP) is 6.39. The van der Waals surface area contributed by atoms with E-state index in [1.807, 2.05) is 84.9 Å². The minimum Gasteiger partial charge on any atom is -0.508 e. The van der Waals surface area contributed by atoms with Crippen molar-refractivity contribution in [1.29, 1.82) is 0 Å². The molecule has 0 aliphatic carbocycles. The first-order chi connectivity index (χ1) is 20.9. The first-order valence-electron chi connectivity index (χ1n) is 14.0. The lowest BCUT2D eigenvalue weighted by molar-refractivity contribution is -0.118. The van der Waals surface area contributed by atoms with Crippen molar-refractivity contribution >= 4 is 34.6 Å². The molecule has 0 radical (unpaired) electrons. The van der Waals surface area contributed by atoms with Gasteiger partial charge in [0.2, 0.25) is 0 Å². The molecule has 5 aromatic rings. The van der Waals surface area contributed by atoms with Gasteiger partial charge in [0, 0.05) is 34.6 Å². The summed E-state index contributed by atoms with van der Waals surface area (Å²) in [5.41, 5.74) is 6.61. The fourth-order valence-corrected chi connectivity index (χ4v) is 5.95. The minimum absolute atomic E-state index is 0.0869. The smallest absolute Gasteiger partial charge is 0.262 e. The Morgan fingerprint density at radius 2 is 1.65 bits per heavy atom. The number of hydrogen-bond donors (Lipinski definition) is 3. The number of nitrogens with one attached hydrogen (secondary N) is 2. The molecule has 3 N–H and O–H groups in total. The quantitative estimate of drug-likeness (QED) is 0.181. The van der Waals surface area contributed by atoms with Crippen LogP contribution >= 0.6 is 12.2 Å². The molecule has 0 unspecified atom stereocenters. The molecule has 1 aliphatic rings. The van der Waals surface area contributed by atoms with Gasteiger partial charge in [0.1, 0.15) is 11.5 Å². The molecule has 3 heterocycles. The van der Waals surface area contributed by atoms with Crippen LogP contribution in [0.3, 0.4) is 0 Å². The van der Waals surface area contributed by atoms with Gasteiger partial charge in [-0.05, 0) is 110 Å². The molecule has 0 saturated carbocycles. The van der Waals surface area contributed by atoms with E-state index in [9.17, 15) is 9.90 Å². The van der Waals surface area contributed by atoms with Crippen LogP contribution in [0.5, 0.6) is 11.5 Å². The van der Waals surface area contributed by atoms with Gasteiger partial charge in [-0.3, -0.25) is 9.78 Å². The van der Waals surface area contributed by atoms with E-state index in [1.165, 1.54) is 0 Å². The van der Waals surface area contributed by atoms with E-state index in [2.05, 4.69) is 45.0 Å². The van der Waals surface area contributed by atoms with Gasteiger partial charge >= 0.3 is 0 Å². The number of nitrogens with zero attached hydrogens (tertiary/aromatic N) is 3. The zero-order valence-electron chi connectivity index (χ0n) is 23.8. The highest BCUT2D eigenvalue weighted by Gasteiger charge is 2.42. The Hall–Kier alpha value is -5.15. The fourth-order valence-electron chi connectivity index (χ4n) is 5.60. The molecular weight excluding hydrogens is 558 g/mol. The minimum atomic E-state index is -0.246. The number of aromatic nitrogens is 2. The summed E-state index contributed by atoms with van der Waals surface area (Å²) >= 11 is 5.92. The number of hydrogen-bond acceptors (Lipinski definition) is 5. The van der Waals surface area contributed by atoms with Gasteiger partial charge in [-0.15, -0.1) is 0 Å². The van der Waals surface area contributed by atoms with Gasteiger partial charge in [0.25, 0.3) is 5.91 Å². The van der Waals surface area contributed by atoms with Crippen LogP contribution in [-0.4, -0.2) is 32.3 Å². The Morgan fingerprint density at radius 1 is 0.953 bits per heavy atom. The van der Waals surface area contributed by atoms with E-state index in [1.54, 1.807) is 18.3 Å². The Morgan fingerprint density at radius 3 is 2.35 bits per heavy atom. The fraction of sp³-hybridized carbons (Fsp3) is 0.147. The number of aryl methyl sites for hydroxylation is 1. The Labute approximate surface area is 255 Å². The molecule has 0 bridgehead atoms. The lowest BCUT2D eigenvalue weighted by Gasteiger charge is -2.28. The number of ether oxygens (including phenoxy) is 1. The second-order valence-corrected chi connectivity index (χ2v) is 10.8. The van der Waals surface area contributed by atoms with Gasteiger partial charge in [-0.25, -0.2) is 0 Å². The van der Waals surface area contributed by atoms with E-state index >= 15 is 0 Å². The van der Waals surface area contributed by atoms with Gasteiger partial charge in [-0.1, -0.05) is 24.3 Å². The predicted molar refractivity (Wildman–Crippen MR) is 172 cm³/mol. The molecular formula is C34H31N5O3S. The number of benzene rings is 3. The maximum atomic E-state index is 12.5. The monoisotopic (exact) mass is 589 g/mol. The van der Waals surface area contributed by atoms with Crippen molar-refractivity contribution in [2.24, 2.45) is 0 Å². The topological polar surface area (TPSA) is 91.7 Å². The second-order valence-electron chi connectivity index (χ2n) is 10.4. The summed E-state index contributed by atoms with van der Waals surface area (Å²) < 4.78 is 7.75. The van der Waals surface area contributed by atoms with Gasteiger partial charge in [0.15, 0.2) is 11.7 Å². The standard InChI is InChI=1S/C34H31N5O3S/c1-22-20-29(23(2)38(22)25-15-17-27(40)18-16-25)33-32(30-10-6-7-19-35-30)37-34(43)39(33)26-13-11-24(12-14-26)36-31(41)21-42-28-8-4-3-5-9-28/h3-20,32-33,40H,21H2,1-2H3,(H,36,41)(H,37,43)/t32-,33+/m0/s1. The van der Waals surface area contributed by atoms with Crippen molar-refractivity contribution in [3.63, 3.8) is 0 Å². The zero-order valence-corrected chi connectivity index (χ0v) is 24.6. The van der Waals surface area contributed by atoms with Crippen LogP contribution in [0, 0.1) is 13.8 Å². The molecule has 2 atom stereocenters. The summed E-state index contributed by atoms with van der Waals surface area (Å²) in [5, 5.41) is 16.8. The molecule has 6 rings (SSSR count). The molecule has 216 valence electrons. The van der Waals surface area contributed by atoms with E-state index < -0.39 is 0 Å². The Balaban J connectivity index is 1.30. The van der Waals surface area contributed by atoms with Crippen molar-refractivity contribution in [2.45, 2.75) is 25.9 Å². The maximum absolute atomic E-state index is 12.5. The van der Waals surface area contributed by atoms with E-state index in [0.29, 0.717) is 16.5 Å². The number of carbonyl (C=O) groups excluding carboxylic acids is 1. The highest BCUT2D eigenvalue weighted by molar-refractivity contribution is 7.80. The zero-order chi connectivity index (χ0) is 29.9. The maximum Gasteiger partial charge on any atom is 0.262 e. The van der Waals surface area contributed by atoms with Crippen LogP contribution in [-0.2, 0) is 4.79 Å². The summed E-state index contributed by atoms with van der Waals surface area (Å²) in [7, 11) is 0. The van der Waals surface area contributed by atoms with Crippen molar-refractivity contribution in [3.05, 3.63) is 132 Å².